The number of nitrogens with one attached hydrogen (secondary N) is 2. The molecule has 8 nitrogen and oxygen atoms in total. The predicted octanol–water partition coefficient (Wildman–Crippen LogP) is 3.57. The van der Waals surface area contributed by atoms with Gasteiger partial charge in [-0.1, -0.05) is 44.2 Å². The predicted molar refractivity (Wildman–Crippen MR) is 124 cm³/mol. The molecule has 1 aliphatic rings. The van der Waals surface area contributed by atoms with Gasteiger partial charge >= 0.3 is 0 Å². The Kier molecular flexibility index (Phi) is 7.14. The number of carbonyl (C=O) groups excluding carboxylic acids is 2. The van der Waals surface area contributed by atoms with Gasteiger partial charge in [-0.2, -0.15) is 0 Å². The van der Waals surface area contributed by atoms with Crippen molar-refractivity contribution in [2.45, 2.75) is 51.9 Å². The van der Waals surface area contributed by atoms with Gasteiger partial charge in [-0.25, -0.2) is 9.97 Å². The third-order valence-electron chi connectivity index (χ3n) is 5.91. The van der Waals surface area contributed by atoms with Gasteiger partial charge in [0.25, 0.3) is 11.8 Å². The Morgan fingerprint density at radius 1 is 1.00 bits per heavy atom. The lowest BCUT2D eigenvalue weighted by Gasteiger charge is -2.21. The Balaban J connectivity index is 1.58. The van der Waals surface area contributed by atoms with Gasteiger partial charge in [0.2, 0.25) is 0 Å². The lowest BCUT2D eigenvalue weighted by Crippen LogP contribution is -2.31. The van der Waals surface area contributed by atoms with Gasteiger partial charge in [0.15, 0.2) is 0 Å². The second-order valence-electron chi connectivity index (χ2n) is 7.98. The molecule has 0 saturated carbocycles. The maximum absolute atomic E-state index is 13.3. The van der Waals surface area contributed by atoms with E-state index in [0.717, 1.165) is 12.0 Å². The van der Waals surface area contributed by atoms with E-state index in [-0.39, 0.29) is 30.5 Å². The van der Waals surface area contributed by atoms with Crippen molar-refractivity contribution in [2.24, 2.45) is 0 Å². The van der Waals surface area contributed by atoms with Gasteiger partial charge in [0.1, 0.15) is 11.5 Å². The monoisotopic (exact) mass is 447 g/mol. The average Bonchev–Trinajstić information content (AvgIpc) is 3.26. The molecule has 0 fully saturated rings. The summed E-state index contributed by atoms with van der Waals surface area (Å²) in [5, 5.41) is 6.14. The van der Waals surface area contributed by atoms with Crippen molar-refractivity contribution in [1.82, 2.24) is 25.2 Å². The lowest BCUT2D eigenvalue weighted by atomic mass is 10.0. The van der Waals surface area contributed by atoms with Crippen LogP contribution in [0.25, 0.3) is 0 Å². The molecule has 2 amide bonds. The normalized spacial score (nSPS) is 14.7. The second-order valence-corrected chi connectivity index (χ2v) is 7.98. The second kappa shape index (κ2) is 10.4. The molecule has 33 heavy (non-hydrogen) atoms. The van der Waals surface area contributed by atoms with Gasteiger partial charge in [-0.15, -0.1) is 0 Å². The first-order chi connectivity index (χ1) is 16.1. The van der Waals surface area contributed by atoms with Gasteiger partial charge in [-0.05, 0) is 30.5 Å². The van der Waals surface area contributed by atoms with Crippen LogP contribution in [0.3, 0.4) is 0 Å². The van der Waals surface area contributed by atoms with Crippen LogP contribution in [-0.4, -0.2) is 33.0 Å². The fraction of sp³-hybridized carbons (Fsp3) is 0.360. The lowest BCUT2D eigenvalue weighted by molar-refractivity contribution is 0.0773. The average molecular weight is 448 g/mol. The minimum absolute atomic E-state index is 0.110. The van der Waals surface area contributed by atoms with Crippen LogP contribution in [0, 0.1) is 0 Å². The zero-order chi connectivity index (χ0) is 23.2. The molecule has 2 unspecified atom stereocenters. The fourth-order valence-electron chi connectivity index (χ4n) is 4.12. The molecule has 4 rings (SSSR count). The van der Waals surface area contributed by atoms with E-state index < -0.39 is 0 Å². The van der Waals surface area contributed by atoms with E-state index in [1.165, 1.54) is 0 Å². The van der Waals surface area contributed by atoms with Crippen LogP contribution in [-0.2, 0) is 17.9 Å². The summed E-state index contributed by atoms with van der Waals surface area (Å²) >= 11 is 0. The van der Waals surface area contributed by atoms with E-state index in [2.05, 4.69) is 20.6 Å². The molecule has 2 aromatic heterocycles. The number of aromatic nitrogens is 3. The molecule has 8 heteroatoms. The molecule has 0 spiro atoms. The molecular weight excluding hydrogens is 418 g/mol. The van der Waals surface area contributed by atoms with Crippen molar-refractivity contribution >= 4 is 11.8 Å². The van der Waals surface area contributed by atoms with Crippen LogP contribution < -0.4 is 10.6 Å². The van der Waals surface area contributed by atoms with E-state index in [1.807, 2.05) is 48.7 Å². The van der Waals surface area contributed by atoms with Gasteiger partial charge in [0.05, 0.1) is 36.6 Å². The summed E-state index contributed by atoms with van der Waals surface area (Å²) in [7, 11) is 0. The summed E-state index contributed by atoms with van der Waals surface area (Å²) in [6, 6.07) is 12.9. The van der Waals surface area contributed by atoms with Crippen molar-refractivity contribution in [3.05, 3.63) is 83.2 Å². The van der Waals surface area contributed by atoms with Crippen molar-refractivity contribution in [3.8, 4) is 0 Å². The Morgan fingerprint density at radius 2 is 1.70 bits per heavy atom. The fourth-order valence-corrected chi connectivity index (χ4v) is 4.12. The van der Waals surface area contributed by atoms with E-state index in [9.17, 15) is 9.59 Å². The van der Waals surface area contributed by atoms with Crippen LogP contribution in [0.5, 0.6) is 0 Å². The van der Waals surface area contributed by atoms with Crippen LogP contribution in [0.1, 0.15) is 76.7 Å². The first-order valence-electron chi connectivity index (χ1n) is 11.4. The smallest absolute Gasteiger partial charge is 0.268 e. The SMILES string of the molecule is CCC(NC(=O)c1cc(C(=O)NC(CC)c2ncccn2)c2n1CCOC2)c1ccccc1. The number of carbonyl (C=O) groups is 2. The van der Waals surface area contributed by atoms with Crippen LogP contribution in [0.2, 0.25) is 0 Å². The topological polar surface area (TPSA) is 98.1 Å². The Hall–Kier alpha value is -3.52. The highest BCUT2D eigenvalue weighted by atomic mass is 16.5. The van der Waals surface area contributed by atoms with Crippen molar-refractivity contribution in [3.63, 3.8) is 0 Å². The van der Waals surface area contributed by atoms with E-state index in [4.69, 9.17) is 4.74 Å². The quantitative estimate of drug-likeness (QED) is 0.550. The molecule has 3 aromatic rings. The minimum atomic E-state index is -0.321. The molecule has 0 radical (unpaired) electrons. The minimum Gasteiger partial charge on any atom is -0.373 e. The third-order valence-corrected chi connectivity index (χ3v) is 5.91. The summed E-state index contributed by atoms with van der Waals surface area (Å²) in [5.41, 5.74) is 2.67. The third kappa shape index (κ3) is 4.96. The zero-order valence-electron chi connectivity index (χ0n) is 19.0. The molecular formula is C25H29N5O3. The van der Waals surface area contributed by atoms with Crippen LogP contribution in [0.4, 0.5) is 0 Å². The number of fused-ring (bicyclic) bond motifs is 1. The zero-order valence-corrected chi connectivity index (χ0v) is 19.0. The highest BCUT2D eigenvalue weighted by molar-refractivity contribution is 6.01. The molecule has 1 aliphatic heterocycles. The molecule has 0 aliphatic carbocycles. The number of hydrogen-bond acceptors (Lipinski definition) is 5. The molecule has 172 valence electrons. The summed E-state index contributed by atoms with van der Waals surface area (Å²) in [6.45, 7) is 5.30. The van der Waals surface area contributed by atoms with Crippen molar-refractivity contribution in [2.75, 3.05) is 6.61 Å². The summed E-state index contributed by atoms with van der Waals surface area (Å²) in [6.07, 6.45) is 4.72. The van der Waals surface area contributed by atoms with Gasteiger partial charge in [-0.3, -0.25) is 9.59 Å². The largest absolute Gasteiger partial charge is 0.373 e. The molecule has 0 saturated heterocycles. The molecule has 2 atom stereocenters. The molecule has 1 aromatic carbocycles. The Bertz CT molecular complexity index is 1010. The standard InChI is InChI=1S/C25H29N5O3/c1-3-19(17-9-6-5-7-10-17)28-25(32)21-15-18(22-16-33-14-13-30(21)22)24(31)29-20(4-2)23-26-11-8-12-27-23/h5-12,15,19-20H,3-4,13-14,16H2,1-2H3,(H,28,32)(H,29,31). The van der Waals surface area contributed by atoms with Gasteiger partial charge in [0, 0.05) is 18.9 Å². The molecule has 2 N–H and O–H groups in total. The van der Waals surface area contributed by atoms with Crippen molar-refractivity contribution in [1.29, 1.82) is 0 Å². The summed E-state index contributed by atoms with van der Waals surface area (Å²) in [5.74, 6) is 0.0910. The van der Waals surface area contributed by atoms with Gasteiger partial charge < -0.3 is 19.9 Å². The number of rotatable bonds is 8. The highest BCUT2D eigenvalue weighted by Gasteiger charge is 2.28. The summed E-state index contributed by atoms with van der Waals surface area (Å²) in [4.78, 5) is 35.0. The number of benzene rings is 1. The van der Waals surface area contributed by atoms with E-state index >= 15 is 0 Å². The Morgan fingerprint density at radius 3 is 2.39 bits per heavy atom. The Labute approximate surface area is 193 Å². The van der Waals surface area contributed by atoms with E-state index in [1.54, 1.807) is 24.5 Å². The first-order valence-corrected chi connectivity index (χ1v) is 11.4. The summed E-state index contributed by atoms with van der Waals surface area (Å²) < 4.78 is 7.50. The highest BCUT2D eigenvalue weighted by Crippen LogP contribution is 2.24. The first kappa shape index (κ1) is 22.7. The number of ether oxygens (including phenoxy) is 1. The maximum Gasteiger partial charge on any atom is 0.268 e. The maximum atomic E-state index is 13.3. The number of amides is 2. The van der Waals surface area contributed by atoms with Crippen LogP contribution >= 0.6 is 0 Å². The number of nitrogens with zero attached hydrogens (tertiary/aromatic N) is 3. The van der Waals surface area contributed by atoms with Crippen molar-refractivity contribution < 1.29 is 14.3 Å². The molecule has 0 bridgehead atoms. The van der Waals surface area contributed by atoms with Crippen LogP contribution in [0.15, 0.2) is 54.9 Å². The van der Waals surface area contributed by atoms with E-state index in [0.29, 0.717) is 42.3 Å². The number of hydrogen-bond donors (Lipinski definition) is 2. The molecule has 3 heterocycles.